The number of ether oxygens (including phenoxy) is 1. The first-order chi connectivity index (χ1) is 13.5. The standard InChI is InChI=1S/C20H13F2N3O3/c1-2-11-7-13(5-6-15(11)23-10-17(21)22)19-24-25-20(28-19)14-4-3-12-9-18(26)27-16(12)8-14/h1,3-8,17,23H,9-10H2. The van der Waals surface area contributed by atoms with Crippen molar-refractivity contribution in [3.63, 3.8) is 0 Å². The normalized spacial score (nSPS) is 12.6. The van der Waals surface area contributed by atoms with E-state index >= 15 is 0 Å². The molecule has 4 rings (SSSR count). The number of hydrogen-bond acceptors (Lipinski definition) is 6. The maximum absolute atomic E-state index is 12.4. The molecular formula is C20H13F2N3O3. The van der Waals surface area contributed by atoms with E-state index in [1.165, 1.54) is 0 Å². The molecule has 0 atom stereocenters. The molecule has 1 aromatic heterocycles. The first-order valence-corrected chi connectivity index (χ1v) is 8.34. The number of carbonyl (C=O) groups excluding carboxylic acids is 1. The van der Waals surface area contributed by atoms with Crippen LogP contribution in [-0.4, -0.2) is 29.1 Å². The minimum Gasteiger partial charge on any atom is -0.426 e. The molecule has 0 bridgehead atoms. The fourth-order valence-corrected chi connectivity index (χ4v) is 2.84. The van der Waals surface area contributed by atoms with Crippen LogP contribution < -0.4 is 10.1 Å². The van der Waals surface area contributed by atoms with Gasteiger partial charge in [-0.15, -0.1) is 16.6 Å². The van der Waals surface area contributed by atoms with Crippen molar-refractivity contribution in [2.45, 2.75) is 12.8 Å². The van der Waals surface area contributed by atoms with Crippen molar-refractivity contribution < 1.29 is 22.7 Å². The second-order valence-corrected chi connectivity index (χ2v) is 6.06. The Morgan fingerprint density at radius 2 is 1.86 bits per heavy atom. The second kappa shape index (κ2) is 7.12. The average molecular weight is 381 g/mol. The summed E-state index contributed by atoms with van der Waals surface area (Å²) in [5.74, 6) is 3.11. The predicted octanol–water partition coefficient (Wildman–Crippen LogP) is 3.52. The number of fused-ring (bicyclic) bond motifs is 1. The van der Waals surface area contributed by atoms with Gasteiger partial charge in [0.1, 0.15) is 5.75 Å². The third-order valence-electron chi connectivity index (χ3n) is 4.17. The summed E-state index contributed by atoms with van der Waals surface area (Å²) < 4.78 is 35.6. The van der Waals surface area contributed by atoms with Crippen LogP contribution in [-0.2, 0) is 11.2 Å². The molecule has 1 aliphatic heterocycles. The Morgan fingerprint density at radius 1 is 1.14 bits per heavy atom. The molecule has 0 aliphatic carbocycles. The Hall–Kier alpha value is -3.73. The number of terminal acetylenes is 1. The topological polar surface area (TPSA) is 77.2 Å². The van der Waals surface area contributed by atoms with Crippen LogP contribution in [0.4, 0.5) is 14.5 Å². The number of anilines is 1. The van der Waals surface area contributed by atoms with Gasteiger partial charge in [-0.25, -0.2) is 8.78 Å². The van der Waals surface area contributed by atoms with Gasteiger partial charge in [0.15, 0.2) is 0 Å². The van der Waals surface area contributed by atoms with Gasteiger partial charge in [-0.2, -0.15) is 0 Å². The van der Waals surface area contributed by atoms with Crippen molar-refractivity contribution >= 4 is 11.7 Å². The van der Waals surface area contributed by atoms with E-state index in [0.717, 1.165) is 5.56 Å². The first kappa shape index (κ1) is 17.7. The minimum atomic E-state index is -2.49. The number of aromatic nitrogens is 2. The molecule has 0 amide bonds. The van der Waals surface area contributed by atoms with Crippen LogP contribution in [0, 0.1) is 12.3 Å². The van der Waals surface area contributed by atoms with E-state index < -0.39 is 13.0 Å². The molecule has 140 valence electrons. The Balaban J connectivity index is 1.60. The quantitative estimate of drug-likeness (QED) is 0.414. The van der Waals surface area contributed by atoms with E-state index in [4.69, 9.17) is 15.6 Å². The van der Waals surface area contributed by atoms with Crippen molar-refractivity contribution in [1.82, 2.24) is 10.2 Å². The SMILES string of the molecule is C#Cc1cc(-c2nnc(-c3ccc4c(c3)OC(=O)C4)o2)ccc1NCC(F)F. The molecule has 0 fully saturated rings. The molecule has 2 heterocycles. The molecule has 6 nitrogen and oxygen atoms in total. The first-order valence-electron chi connectivity index (χ1n) is 8.34. The predicted molar refractivity (Wildman–Crippen MR) is 96.9 cm³/mol. The zero-order valence-corrected chi connectivity index (χ0v) is 14.4. The molecule has 3 aromatic rings. The van der Waals surface area contributed by atoms with E-state index in [-0.39, 0.29) is 24.2 Å². The Bertz CT molecular complexity index is 1100. The number of rotatable bonds is 5. The van der Waals surface area contributed by atoms with Crippen LogP contribution in [0.2, 0.25) is 0 Å². The molecule has 8 heteroatoms. The maximum atomic E-state index is 12.4. The summed E-state index contributed by atoms with van der Waals surface area (Å²) >= 11 is 0. The maximum Gasteiger partial charge on any atom is 0.315 e. The fourth-order valence-electron chi connectivity index (χ4n) is 2.84. The Morgan fingerprint density at radius 3 is 2.57 bits per heavy atom. The molecular weight excluding hydrogens is 368 g/mol. The third kappa shape index (κ3) is 3.42. The number of nitrogens with zero attached hydrogens (tertiary/aromatic N) is 2. The van der Waals surface area contributed by atoms with Crippen LogP contribution >= 0.6 is 0 Å². The lowest BCUT2D eigenvalue weighted by molar-refractivity contribution is -0.131. The van der Waals surface area contributed by atoms with E-state index in [2.05, 4.69) is 21.4 Å². The highest BCUT2D eigenvalue weighted by Gasteiger charge is 2.22. The van der Waals surface area contributed by atoms with Crippen molar-refractivity contribution in [3.8, 4) is 41.0 Å². The van der Waals surface area contributed by atoms with Gasteiger partial charge in [-0.1, -0.05) is 12.0 Å². The van der Waals surface area contributed by atoms with Gasteiger partial charge in [-0.3, -0.25) is 4.79 Å². The van der Waals surface area contributed by atoms with Crippen molar-refractivity contribution in [1.29, 1.82) is 0 Å². The summed E-state index contributed by atoms with van der Waals surface area (Å²) in [5, 5.41) is 10.6. The van der Waals surface area contributed by atoms with Gasteiger partial charge in [-0.05, 0) is 30.3 Å². The smallest absolute Gasteiger partial charge is 0.315 e. The number of nitrogens with one attached hydrogen (secondary N) is 1. The van der Waals surface area contributed by atoms with E-state index in [1.54, 1.807) is 36.4 Å². The zero-order chi connectivity index (χ0) is 19.7. The monoisotopic (exact) mass is 381 g/mol. The molecule has 2 aromatic carbocycles. The van der Waals surface area contributed by atoms with Gasteiger partial charge in [0, 0.05) is 22.3 Å². The highest BCUT2D eigenvalue weighted by Crippen LogP contribution is 2.32. The number of benzene rings is 2. The van der Waals surface area contributed by atoms with E-state index in [9.17, 15) is 13.6 Å². The largest absolute Gasteiger partial charge is 0.426 e. The van der Waals surface area contributed by atoms with Gasteiger partial charge in [0.25, 0.3) is 6.43 Å². The fraction of sp³-hybridized carbons (Fsp3) is 0.150. The van der Waals surface area contributed by atoms with E-state index in [1.807, 2.05) is 0 Å². The third-order valence-corrected chi connectivity index (χ3v) is 4.17. The molecule has 0 saturated carbocycles. The van der Waals surface area contributed by atoms with Gasteiger partial charge in [0.2, 0.25) is 11.8 Å². The Kier molecular flexibility index (Phi) is 4.49. The summed E-state index contributed by atoms with van der Waals surface area (Å²) in [6.45, 7) is -0.498. The highest BCUT2D eigenvalue weighted by atomic mass is 19.3. The summed E-state index contributed by atoms with van der Waals surface area (Å²) in [6, 6.07) is 10.1. The van der Waals surface area contributed by atoms with Crippen LogP contribution in [0.1, 0.15) is 11.1 Å². The van der Waals surface area contributed by atoms with Crippen LogP contribution in [0.15, 0.2) is 40.8 Å². The molecule has 0 unspecified atom stereocenters. The molecule has 0 saturated heterocycles. The number of carbonyl (C=O) groups is 1. The summed E-state index contributed by atoms with van der Waals surface area (Å²) in [4.78, 5) is 11.4. The zero-order valence-electron chi connectivity index (χ0n) is 14.4. The van der Waals surface area contributed by atoms with Gasteiger partial charge >= 0.3 is 5.97 Å². The lowest BCUT2D eigenvalue weighted by atomic mass is 10.1. The lowest BCUT2D eigenvalue weighted by Crippen LogP contribution is -2.11. The minimum absolute atomic E-state index is 0.226. The number of esters is 1. The molecule has 28 heavy (non-hydrogen) atoms. The van der Waals surface area contributed by atoms with Crippen molar-refractivity contribution in [3.05, 3.63) is 47.5 Å². The molecule has 1 aliphatic rings. The lowest BCUT2D eigenvalue weighted by Gasteiger charge is -2.09. The molecule has 0 radical (unpaired) electrons. The van der Waals surface area contributed by atoms with Crippen molar-refractivity contribution in [2.75, 3.05) is 11.9 Å². The molecule has 0 spiro atoms. The van der Waals surface area contributed by atoms with Crippen molar-refractivity contribution in [2.24, 2.45) is 0 Å². The summed E-state index contributed by atoms with van der Waals surface area (Å²) in [5.41, 5.74) is 2.80. The summed E-state index contributed by atoms with van der Waals surface area (Å²) in [6.07, 6.45) is 3.23. The number of alkyl halides is 2. The Labute approximate surface area is 158 Å². The van der Waals surface area contributed by atoms with Crippen LogP contribution in [0.5, 0.6) is 5.75 Å². The van der Waals surface area contributed by atoms with Gasteiger partial charge in [0.05, 0.1) is 18.7 Å². The van der Waals surface area contributed by atoms with Crippen LogP contribution in [0.25, 0.3) is 22.9 Å². The number of hydrogen-bond donors (Lipinski definition) is 1. The highest BCUT2D eigenvalue weighted by molar-refractivity contribution is 5.82. The second-order valence-electron chi connectivity index (χ2n) is 6.06. The average Bonchev–Trinajstić information content (AvgIpc) is 3.31. The van der Waals surface area contributed by atoms with Crippen LogP contribution in [0.3, 0.4) is 0 Å². The van der Waals surface area contributed by atoms with Gasteiger partial charge < -0.3 is 14.5 Å². The number of halogens is 2. The van der Waals surface area contributed by atoms with E-state index in [0.29, 0.717) is 28.1 Å². The molecule has 1 N–H and O–H groups in total. The summed E-state index contributed by atoms with van der Waals surface area (Å²) in [7, 11) is 0.